The van der Waals surface area contributed by atoms with Crippen molar-refractivity contribution in [2.75, 3.05) is 0 Å². The van der Waals surface area contributed by atoms with Gasteiger partial charge in [0.25, 0.3) is 0 Å². The molecule has 0 atom stereocenters. The first-order valence-electron chi connectivity index (χ1n) is 8.69. The third-order valence-electron chi connectivity index (χ3n) is 4.83. The van der Waals surface area contributed by atoms with Crippen molar-refractivity contribution in [3.8, 4) is 5.75 Å². The van der Waals surface area contributed by atoms with Gasteiger partial charge in [0.05, 0.1) is 0 Å². The molecule has 0 aliphatic carbocycles. The van der Waals surface area contributed by atoms with Gasteiger partial charge in [-0.2, -0.15) is 0 Å². The van der Waals surface area contributed by atoms with Gasteiger partial charge in [-0.15, -0.1) is 0 Å². The molecule has 4 aromatic rings. The molecule has 196 valence electrons. The molecule has 0 aliphatic rings. The summed E-state index contributed by atoms with van der Waals surface area (Å²) in [6.45, 7) is 0. The maximum atomic E-state index is 12.1. The van der Waals surface area contributed by atoms with E-state index < -0.39 is 77.3 Å². The Kier molecular flexibility index (Phi) is 7.49. The summed E-state index contributed by atoms with van der Waals surface area (Å²) in [5, 5.41) is -1.05. The first-order chi connectivity index (χ1) is 15.9. The number of phosphoric acid groups is 1. The van der Waals surface area contributed by atoms with Crippen LogP contribution in [0.15, 0.2) is 51.1 Å². The second kappa shape index (κ2) is 9.31. The van der Waals surface area contributed by atoms with Gasteiger partial charge in [-0.25, -0.2) is 0 Å². The van der Waals surface area contributed by atoms with Crippen LogP contribution in [0.1, 0.15) is 0 Å². The van der Waals surface area contributed by atoms with E-state index in [1.807, 2.05) is 0 Å². The Morgan fingerprint density at radius 3 is 1.42 bits per heavy atom. The maximum absolute atomic E-state index is 12.1. The second-order valence-electron chi connectivity index (χ2n) is 6.96. The monoisotopic (exact) mass is 781 g/mol. The molecule has 0 aliphatic heterocycles. The fourth-order valence-corrected chi connectivity index (χ4v) is 8.09. The average molecular weight is 781 g/mol. The van der Waals surface area contributed by atoms with Gasteiger partial charge in [-0.1, -0.05) is 0 Å². The summed E-state index contributed by atoms with van der Waals surface area (Å²) in [6.07, 6.45) is 0. The van der Waals surface area contributed by atoms with Gasteiger partial charge < -0.3 is 5.48 Å². The molecular formula is C16H13O15PPoS3. The predicted molar refractivity (Wildman–Crippen MR) is 123 cm³/mol. The molecule has 36 heavy (non-hydrogen) atoms. The number of benzene rings is 4. The Balaban J connectivity index is 0.00000361. The Bertz CT molecular complexity index is 1840. The molecule has 0 spiro atoms. The zero-order valence-electron chi connectivity index (χ0n) is 17.0. The fraction of sp³-hybridized carbons (Fsp3) is 0. The normalized spacial score (nSPS) is 13.4. The number of hydrogen-bond acceptors (Lipinski definition) is 9. The summed E-state index contributed by atoms with van der Waals surface area (Å²) in [4.78, 5) is 15.2. The van der Waals surface area contributed by atoms with Crippen LogP contribution < -0.4 is 2.77 Å². The average Bonchev–Trinajstić information content (AvgIpc) is 2.68. The van der Waals surface area contributed by atoms with Crippen LogP contribution in [0.2, 0.25) is 0 Å². The summed E-state index contributed by atoms with van der Waals surface area (Å²) < 4.78 is 122. The fourth-order valence-electron chi connectivity index (χ4n) is 3.67. The minimum absolute atomic E-state index is 0. The third kappa shape index (κ3) is 5.34. The van der Waals surface area contributed by atoms with Gasteiger partial charge in [-0.3, -0.25) is 0 Å². The molecule has 4 aromatic carbocycles. The van der Waals surface area contributed by atoms with Crippen LogP contribution in [0.4, 0.5) is 0 Å². The van der Waals surface area contributed by atoms with Crippen LogP contribution in [0.3, 0.4) is 0 Å². The van der Waals surface area contributed by atoms with Crippen molar-refractivity contribution < 1.29 is 64.1 Å². The molecule has 7 N–H and O–H groups in total. The van der Waals surface area contributed by atoms with Crippen LogP contribution in [0, 0.1) is 0 Å². The van der Waals surface area contributed by atoms with Crippen LogP contribution in [0.25, 0.3) is 32.3 Å². The molecule has 20 heteroatoms. The van der Waals surface area contributed by atoms with Gasteiger partial charge in [-0.05, 0) is 0 Å². The summed E-state index contributed by atoms with van der Waals surface area (Å²) in [5.74, 6) is -0.330. The van der Waals surface area contributed by atoms with Crippen LogP contribution in [0.5, 0.6) is 5.75 Å². The van der Waals surface area contributed by atoms with Crippen molar-refractivity contribution >= 4 is 94.9 Å². The standard InChI is InChI=1S/C16H10O10S3.H3O4P.H2O.Po/c17-11-5-12(27(18,19)20)8-3-4-10-14(29(24,25)26)6-13(28(21,22)23)9-2-1-7(11)15(8)16(9)10;1-5(2,3)4;;/h1-6,17H,(H,18,19,20)(H,21,22,23)(H,24,25,26);(H3,1,2,3,4);1H2;/q;;;+2/p-2. The van der Waals surface area contributed by atoms with E-state index in [0.29, 0.717) is 6.07 Å². The first kappa shape index (κ1) is 29.0. The van der Waals surface area contributed by atoms with E-state index in [1.54, 1.807) is 0 Å². The zero-order chi connectivity index (χ0) is 26.1. The molecule has 0 radical (unpaired) electrons. The van der Waals surface area contributed by atoms with Crippen molar-refractivity contribution in [3.05, 3.63) is 36.4 Å². The Labute approximate surface area is 214 Å². The van der Waals surface area contributed by atoms with Gasteiger partial charge in [0.1, 0.15) is 0 Å². The predicted octanol–water partition coefficient (Wildman–Crippen LogP) is 0.522. The van der Waals surface area contributed by atoms with Gasteiger partial charge in [0.15, 0.2) is 0 Å². The molecule has 0 amide bonds. The molecule has 4 rings (SSSR count). The van der Waals surface area contributed by atoms with Gasteiger partial charge in [0.2, 0.25) is 0 Å². The Morgan fingerprint density at radius 1 is 0.667 bits per heavy atom. The molecule has 0 fully saturated rings. The summed E-state index contributed by atoms with van der Waals surface area (Å²) in [5.41, 5.74) is 0. The molecular weight excluding hydrogens is 768 g/mol. The summed E-state index contributed by atoms with van der Waals surface area (Å²) >= 11 is -2.77. The van der Waals surface area contributed by atoms with Crippen LogP contribution in [-0.4, -0.2) is 78.6 Å². The molecule has 0 aromatic heterocycles. The third-order valence-corrected chi connectivity index (χ3v) is 11.7. The molecule has 0 heterocycles. The van der Waals surface area contributed by atoms with Crippen molar-refractivity contribution in [2.45, 2.75) is 14.7 Å². The SMILES string of the molecule is O.O=P(O)(O)[O][Po][O]c1cc(S(=O)(=O)O)c2ccc3c(S(=O)(=O)O)cc(S(=O)(=O)O)c4ccc1c2c43. The topological polar surface area (TPSA) is 271 Å². The quantitative estimate of drug-likeness (QED) is 0.0973. The van der Waals surface area contributed by atoms with Crippen molar-refractivity contribution in [3.63, 3.8) is 0 Å². The second-order valence-corrected chi connectivity index (χ2v) is 15.2. The summed E-state index contributed by atoms with van der Waals surface area (Å²) in [7, 11) is -20.0. The van der Waals surface area contributed by atoms with E-state index in [1.165, 1.54) is 6.07 Å². The van der Waals surface area contributed by atoms with E-state index >= 15 is 0 Å². The molecule has 0 saturated carbocycles. The number of rotatable bonds is 7. The van der Waals surface area contributed by atoms with E-state index in [2.05, 4.69) is 2.56 Å². The summed E-state index contributed by atoms with van der Waals surface area (Å²) in [6, 6.07) is 5.94. The first-order valence-corrected chi connectivity index (χ1v) is 17.1. The molecule has 0 saturated heterocycles. The number of hydrogen-bond donors (Lipinski definition) is 5. The minimum atomic E-state index is -5.06. The molecule has 0 bridgehead atoms. The molecule has 15 nitrogen and oxygen atoms in total. The van der Waals surface area contributed by atoms with Crippen molar-refractivity contribution in [1.29, 1.82) is 0 Å². The molecule has 0 unspecified atom stereocenters. The van der Waals surface area contributed by atoms with Crippen LogP contribution in [-0.2, 0) is 37.5 Å². The van der Waals surface area contributed by atoms with Crippen molar-refractivity contribution in [2.24, 2.45) is 0 Å². The van der Waals surface area contributed by atoms with Crippen molar-refractivity contribution in [1.82, 2.24) is 0 Å². The zero-order valence-corrected chi connectivity index (χ0v) is 23.5. The van der Waals surface area contributed by atoms with Crippen LogP contribution >= 0.6 is 7.82 Å². The van der Waals surface area contributed by atoms with E-state index in [4.69, 9.17) is 12.6 Å². The Hall–Kier alpha value is -1.58. The van der Waals surface area contributed by atoms with E-state index in [-0.39, 0.29) is 43.5 Å². The van der Waals surface area contributed by atoms with Gasteiger partial charge >= 0.3 is 210 Å². The van der Waals surface area contributed by atoms with Gasteiger partial charge in [0, 0.05) is 0 Å². The Morgan fingerprint density at radius 2 is 1.03 bits per heavy atom. The van der Waals surface area contributed by atoms with E-state index in [0.717, 1.165) is 24.3 Å². The van der Waals surface area contributed by atoms with E-state index in [9.17, 15) is 43.5 Å².